The molecule has 5 rings (SSSR count). The van der Waals surface area contributed by atoms with E-state index < -0.39 is 0 Å². The van der Waals surface area contributed by atoms with E-state index in [2.05, 4.69) is 15.1 Å². The summed E-state index contributed by atoms with van der Waals surface area (Å²) in [6.07, 6.45) is 3.94. The van der Waals surface area contributed by atoms with Crippen LogP contribution in [0.4, 0.5) is 5.82 Å². The molecule has 1 saturated carbocycles. The lowest BCUT2D eigenvalue weighted by molar-refractivity contribution is -0.142. The number of piperazine rings is 1. The fraction of sp³-hybridized carbons (Fsp3) is 0.520. The van der Waals surface area contributed by atoms with Gasteiger partial charge in [0.2, 0.25) is 11.8 Å². The van der Waals surface area contributed by atoms with Gasteiger partial charge in [-0.05, 0) is 37.8 Å². The second-order valence-electron chi connectivity index (χ2n) is 9.14. The second kappa shape index (κ2) is 9.87. The number of rotatable bonds is 7. The molecule has 2 saturated heterocycles. The smallest absolute Gasteiger partial charge is 0.242 e. The molecule has 3 fully saturated rings. The summed E-state index contributed by atoms with van der Waals surface area (Å²) < 4.78 is 5.72. The van der Waals surface area contributed by atoms with Crippen LogP contribution in [0.1, 0.15) is 25.7 Å². The summed E-state index contributed by atoms with van der Waals surface area (Å²) in [6, 6.07) is 14.0. The maximum Gasteiger partial charge on any atom is 0.242 e. The van der Waals surface area contributed by atoms with Crippen molar-refractivity contribution in [3.05, 3.63) is 42.5 Å². The predicted molar refractivity (Wildman–Crippen MR) is 125 cm³/mol. The zero-order valence-corrected chi connectivity index (χ0v) is 18.9. The summed E-state index contributed by atoms with van der Waals surface area (Å²) >= 11 is 0. The van der Waals surface area contributed by atoms with E-state index in [4.69, 9.17) is 4.74 Å². The van der Waals surface area contributed by atoms with Crippen molar-refractivity contribution in [2.75, 3.05) is 50.8 Å². The molecule has 8 nitrogen and oxygen atoms in total. The molecule has 1 aliphatic carbocycles. The molecule has 0 N–H and O–H groups in total. The molecule has 2 aromatic rings. The first-order valence-corrected chi connectivity index (χ1v) is 12.0. The van der Waals surface area contributed by atoms with Gasteiger partial charge in [0.15, 0.2) is 5.82 Å². The third-order valence-corrected chi connectivity index (χ3v) is 6.69. The van der Waals surface area contributed by atoms with Crippen molar-refractivity contribution < 1.29 is 14.3 Å². The van der Waals surface area contributed by atoms with Crippen LogP contribution in [0.15, 0.2) is 42.5 Å². The lowest BCUT2D eigenvalue weighted by Gasteiger charge is -2.36. The third-order valence-electron chi connectivity index (χ3n) is 6.69. The Labute approximate surface area is 194 Å². The number of ether oxygens (including phenoxy) is 1. The summed E-state index contributed by atoms with van der Waals surface area (Å²) in [7, 11) is 0. The number of anilines is 1. The minimum Gasteiger partial charge on any atom is -0.376 e. The number of benzene rings is 1. The number of hydrogen-bond acceptors (Lipinski definition) is 6. The van der Waals surface area contributed by atoms with Gasteiger partial charge >= 0.3 is 0 Å². The van der Waals surface area contributed by atoms with Gasteiger partial charge in [0.1, 0.15) is 0 Å². The first-order valence-electron chi connectivity index (χ1n) is 12.0. The molecule has 3 aliphatic rings. The molecule has 1 atom stereocenters. The van der Waals surface area contributed by atoms with Crippen LogP contribution < -0.4 is 4.90 Å². The molecule has 1 aromatic heterocycles. The maximum atomic E-state index is 13.0. The maximum absolute atomic E-state index is 13.0. The lowest BCUT2D eigenvalue weighted by atomic mass is 10.1. The van der Waals surface area contributed by atoms with E-state index in [1.165, 1.54) is 0 Å². The van der Waals surface area contributed by atoms with Crippen molar-refractivity contribution in [3.63, 3.8) is 0 Å². The monoisotopic (exact) mass is 449 g/mol. The number of carbonyl (C=O) groups excluding carboxylic acids is 2. The topological polar surface area (TPSA) is 78.9 Å². The van der Waals surface area contributed by atoms with E-state index in [9.17, 15) is 9.59 Å². The van der Waals surface area contributed by atoms with Crippen molar-refractivity contribution in [1.29, 1.82) is 0 Å². The highest BCUT2D eigenvalue weighted by Gasteiger charge is 2.36. The molecule has 0 spiro atoms. The second-order valence-corrected chi connectivity index (χ2v) is 9.14. The lowest BCUT2D eigenvalue weighted by Crippen LogP contribution is -2.53. The summed E-state index contributed by atoms with van der Waals surface area (Å²) in [6.45, 7) is 4.08. The number of amides is 2. The Kier molecular flexibility index (Phi) is 6.53. The molecule has 0 bridgehead atoms. The molecule has 1 aromatic carbocycles. The Morgan fingerprint density at radius 2 is 1.76 bits per heavy atom. The molecule has 2 amide bonds. The van der Waals surface area contributed by atoms with Crippen molar-refractivity contribution in [1.82, 2.24) is 20.0 Å². The Morgan fingerprint density at radius 1 is 0.970 bits per heavy atom. The summed E-state index contributed by atoms with van der Waals surface area (Å²) in [5, 5.41) is 8.79. The zero-order valence-electron chi connectivity index (χ0n) is 18.9. The van der Waals surface area contributed by atoms with Crippen molar-refractivity contribution in [2.45, 2.75) is 31.8 Å². The molecule has 8 heteroatoms. The van der Waals surface area contributed by atoms with Crippen molar-refractivity contribution >= 4 is 17.6 Å². The minimum atomic E-state index is 0.0205. The van der Waals surface area contributed by atoms with Crippen molar-refractivity contribution in [3.8, 4) is 11.3 Å². The van der Waals surface area contributed by atoms with Crippen LogP contribution in [0.5, 0.6) is 0 Å². The molecule has 3 heterocycles. The molecular formula is C25H31N5O3. The van der Waals surface area contributed by atoms with E-state index in [1.54, 1.807) is 4.90 Å². The minimum absolute atomic E-state index is 0.0205. The van der Waals surface area contributed by atoms with Crippen LogP contribution in [0, 0.1) is 5.92 Å². The van der Waals surface area contributed by atoms with Crippen LogP contribution >= 0.6 is 0 Å². The van der Waals surface area contributed by atoms with Crippen LogP contribution in [0.25, 0.3) is 11.3 Å². The molecule has 2 aliphatic heterocycles. The van der Waals surface area contributed by atoms with Crippen LogP contribution in [0.2, 0.25) is 0 Å². The van der Waals surface area contributed by atoms with Crippen LogP contribution in [0.3, 0.4) is 0 Å². The number of nitrogens with zero attached hydrogens (tertiary/aromatic N) is 5. The van der Waals surface area contributed by atoms with Crippen LogP contribution in [-0.4, -0.2) is 83.8 Å². The van der Waals surface area contributed by atoms with Crippen molar-refractivity contribution in [2.24, 2.45) is 5.92 Å². The van der Waals surface area contributed by atoms with E-state index in [1.807, 2.05) is 47.4 Å². The largest absolute Gasteiger partial charge is 0.376 e. The average molecular weight is 450 g/mol. The van der Waals surface area contributed by atoms with Gasteiger partial charge in [0.05, 0.1) is 18.3 Å². The Morgan fingerprint density at radius 3 is 2.39 bits per heavy atom. The van der Waals surface area contributed by atoms with Gasteiger partial charge in [0, 0.05) is 50.8 Å². The molecule has 174 valence electrons. The predicted octanol–water partition coefficient (Wildman–Crippen LogP) is 2.21. The Balaban J connectivity index is 1.15. The zero-order chi connectivity index (χ0) is 22.6. The molecule has 33 heavy (non-hydrogen) atoms. The van der Waals surface area contributed by atoms with Gasteiger partial charge in [-0.25, -0.2) is 0 Å². The summed E-state index contributed by atoms with van der Waals surface area (Å²) in [5.41, 5.74) is 1.89. The van der Waals surface area contributed by atoms with Gasteiger partial charge in [-0.2, -0.15) is 0 Å². The molecule has 1 unspecified atom stereocenters. The number of aromatic nitrogens is 2. The van der Waals surface area contributed by atoms with Crippen LogP contribution in [-0.2, 0) is 14.3 Å². The average Bonchev–Trinajstić information content (AvgIpc) is 3.60. The van der Waals surface area contributed by atoms with E-state index in [0.717, 1.165) is 49.4 Å². The highest BCUT2D eigenvalue weighted by molar-refractivity contribution is 5.87. The fourth-order valence-corrected chi connectivity index (χ4v) is 4.56. The molecule has 0 radical (unpaired) electrons. The van der Waals surface area contributed by atoms with E-state index >= 15 is 0 Å². The highest BCUT2D eigenvalue weighted by Crippen LogP contribution is 2.31. The number of hydrogen-bond donors (Lipinski definition) is 0. The quantitative estimate of drug-likeness (QED) is 0.645. The van der Waals surface area contributed by atoms with Gasteiger partial charge in [0.25, 0.3) is 0 Å². The standard InChI is InChI=1S/C25H31N5O3/c31-24(18-30(25(32)20-8-9-20)17-21-7-4-16-33-21)29-14-12-28(13-15-29)23-11-10-22(26-27-23)19-5-2-1-3-6-19/h1-3,5-6,10-11,20-21H,4,7-9,12-18H2. The SMILES string of the molecule is O=C(CN(CC1CCCO1)C(=O)C1CC1)N1CCN(c2ccc(-c3ccccc3)nn2)CC1. The van der Waals surface area contributed by atoms with Gasteiger partial charge in [-0.3, -0.25) is 9.59 Å². The van der Waals surface area contributed by atoms with E-state index in [-0.39, 0.29) is 30.4 Å². The Bertz CT molecular complexity index is 950. The first kappa shape index (κ1) is 21.8. The third kappa shape index (κ3) is 5.33. The van der Waals surface area contributed by atoms with E-state index in [0.29, 0.717) is 32.7 Å². The first-order chi connectivity index (χ1) is 16.2. The summed E-state index contributed by atoms with van der Waals surface area (Å²) in [4.78, 5) is 31.5. The highest BCUT2D eigenvalue weighted by atomic mass is 16.5. The van der Waals surface area contributed by atoms with Gasteiger partial charge < -0.3 is 19.4 Å². The normalized spacial score (nSPS) is 20.7. The fourth-order valence-electron chi connectivity index (χ4n) is 4.56. The molecular weight excluding hydrogens is 418 g/mol. The number of carbonyl (C=O) groups is 2. The summed E-state index contributed by atoms with van der Waals surface area (Å²) in [5.74, 6) is 1.07. The Hall–Kier alpha value is -3.00. The van der Waals surface area contributed by atoms with Gasteiger partial charge in [-0.15, -0.1) is 10.2 Å². The van der Waals surface area contributed by atoms with Gasteiger partial charge in [-0.1, -0.05) is 30.3 Å².